The number of imidazole rings is 1. The van der Waals surface area contributed by atoms with E-state index in [0.29, 0.717) is 6.54 Å². The third kappa shape index (κ3) is 3.37. The molecule has 0 aliphatic carbocycles. The third-order valence-electron chi connectivity index (χ3n) is 1.58. The Morgan fingerprint density at radius 1 is 1.69 bits per heavy atom. The average Bonchev–Trinajstić information content (AvgIpc) is 2.55. The van der Waals surface area contributed by atoms with Gasteiger partial charge in [0.2, 0.25) is 0 Å². The van der Waals surface area contributed by atoms with Crippen LogP contribution >= 0.6 is 12.6 Å². The van der Waals surface area contributed by atoms with Crippen LogP contribution < -0.4 is 11.5 Å². The van der Waals surface area contributed by atoms with Crippen molar-refractivity contribution in [2.24, 2.45) is 16.5 Å². The summed E-state index contributed by atoms with van der Waals surface area (Å²) in [6, 6.07) is 0. The van der Waals surface area contributed by atoms with Gasteiger partial charge in [-0.15, -0.1) is 0 Å². The van der Waals surface area contributed by atoms with Crippen molar-refractivity contribution in [1.29, 1.82) is 0 Å². The summed E-state index contributed by atoms with van der Waals surface area (Å²) >= 11 is 4.37. The van der Waals surface area contributed by atoms with Crippen LogP contribution in [0.2, 0.25) is 0 Å². The minimum Gasteiger partial charge on any atom is -0.370 e. The van der Waals surface area contributed by atoms with Crippen LogP contribution in [0.1, 0.15) is 17.4 Å². The molecule has 1 atom stereocenters. The van der Waals surface area contributed by atoms with E-state index in [1.807, 2.05) is 0 Å². The van der Waals surface area contributed by atoms with Crippen molar-refractivity contribution in [3.8, 4) is 0 Å². The molecule has 0 bridgehead atoms. The Balaban J connectivity index is 2.34. The van der Waals surface area contributed by atoms with Crippen LogP contribution in [0.4, 0.5) is 0 Å². The monoisotopic (exact) mass is 199 g/mol. The Hall–Kier alpha value is -1.17. The number of hydrogen-bond donors (Lipinski definition) is 4. The number of nitrogens with zero attached hydrogens (tertiary/aromatic N) is 2. The van der Waals surface area contributed by atoms with Gasteiger partial charge in [-0.05, 0) is 6.42 Å². The van der Waals surface area contributed by atoms with Crippen LogP contribution in [0, 0.1) is 0 Å². The van der Waals surface area contributed by atoms with Crippen molar-refractivity contribution < 1.29 is 0 Å². The summed E-state index contributed by atoms with van der Waals surface area (Å²) in [5.74, 6) is 0.116. The van der Waals surface area contributed by atoms with Crippen LogP contribution in [0.5, 0.6) is 0 Å². The first-order chi connectivity index (χ1) is 6.20. The summed E-state index contributed by atoms with van der Waals surface area (Å²) in [5.41, 5.74) is 11.3. The Morgan fingerprint density at radius 3 is 3.00 bits per heavy atom. The van der Waals surface area contributed by atoms with Gasteiger partial charge in [-0.2, -0.15) is 12.6 Å². The minimum absolute atomic E-state index is 0.102. The van der Waals surface area contributed by atoms with E-state index in [0.717, 1.165) is 12.1 Å². The Labute approximate surface area is 82.1 Å². The molecular weight excluding hydrogens is 186 g/mol. The van der Waals surface area contributed by atoms with E-state index < -0.39 is 0 Å². The molecule has 1 rings (SSSR count). The first-order valence-corrected chi connectivity index (χ1v) is 4.43. The highest BCUT2D eigenvalue weighted by Crippen LogP contribution is 2.20. The summed E-state index contributed by atoms with van der Waals surface area (Å²) in [5, 5.41) is 0.102. The lowest BCUT2D eigenvalue weighted by atomic mass is 10.2. The second-order valence-corrected chi connectivity index (χ2v) is 3.24. The van der Waals surface area contributed by atoms with Gasteiger partial charge < -0.3 is 16.5 Å². The lowest BCUT2D eigenvalue weighted by molar-refractivity contribution is 0.801. The van der Waals surface area contributed by atoms with Crippen molar-refractivity contribution >= 4 is 18.6 Å². The van der Waals surface area contributed by atoms with Crippen LogP contribution in [0.3, 0.4) is 0 Å². The molecule has 0 amide bonds. The molecule has 5 nitrogen and oxygen atoms in total. The molecule has 1 aromatic rings. The zero-order valence-electron chi connectivity index (χ0n) is 7.14. The molecular formula is C7H13N5S. The quantitative estimate of drug-likeness (QED) is 0.313. The van der Waals surface area contributed by atoms with Crippen molar-refractivity contribution in [3.05, 3.63) is 18.2 Å². The lowest BCUT2D eigenvalue weighted by Crippen LogP contribution is -2.23. The van der Waals surface area contributed by atoms with Crippen LogP contribution in [0.25, 0.3) is 0 Å². The molecule has 1 aromatic heterocycles. The maximum atomic E-state index is 5.18. The molecule has 0 saturated heterocycles. The number of aromatic amines is 1. The highest BCUT2D eigenvalue weighted by Gasteiger charge is 2.06. The van der Waals surface area contributed by atoms with Gasteiger partial charge in [-0.3, -0.25) is 4.99 Å². The van der Waals surface area contributed by atoms with E-state index in [1.54, 1.807) is 12.5 Å². The summed E-state index contributed by atoms with van der Waals surface area (Å²) < 4.78 is 0. The molecule has 6 heteroatoms. The molecule has 5 N–H and O–H groups in total. The molecule has 0 fully saturated rings. The van der Waals surface area contributed by atoms with E-state index >= 15 is 0 Å². The molecule has 0 aromatic carbocycles. The largest absolute Gasteiger partial charge is 0.370 e. The number of hydrogen-bond acceptors (Lipinski definition) is 3. The van der Waals surface area contributed by atoms with Gasteiger partial charge >= 0.3 is 0 Å². The fourth-order valence-corrected chi connectivity index (χ4v) is 1.18. The molecule has 0 saturated carbocycles. The molecule has 1 heterocycles. The number of rotatable bonds is 4. The van der Waals surface area contributed by atoms with Gasteiger partial charge in [0, 0.05) is 23.7 Å². The summed E-state index contributed by atoms with van der Waals surface area (Å²) in [6.45, 7) is 0.579. The van der Waals surface area contributed by atoms with Crippen molar-refractivity contribution in [3.63, 3.8) is 0 Å². The third-order valence-corrected chi connectivity index (χ3v) is 2.11. The fourth-order valence-electron chi connectivity index (χ4n) is 0.920. The topological polar surface area (TPSA) is 93.1 Å². The zero-order chi connectivity index (χ0) is 9.68. The van der Waals surface area contributed by atoms with Crippen molar-refractivity contribution in [1.82, 2.24) is 9.97 Å². The number of H-pyrrole nitrogens is 1. The summed E-state index contributed by atoms with van der Waals surface area (Å²) in [7, 11) is 0. The predicted molar refractivity (Wildman–Crippen MR) is 55.6 cm³/mol. The zero-order valence-corrected chi connectivity index (χ0v) is 8.04. The second-order valence-electron chi connectivity index (χ2n) is 2.62. The first kappa shape index (κ1) is 9.91. The number of nitrogens with two attached hydrogens (primary N) is 2. The van der Waals surface area contributed by atoms with Gasteiger partial charge in [-0.25, -0.2) is 4.98 Å². The van der Waals surface area contributed by atoms with Gasteiger partial charge in [0.1, 0.15) is 0 Å². The smallest absolute Gasteiger partial charge is 0.185 e. The second kappa shape index (κ2) is 4.76. The van der Waals surface area contributed by atoms with Crippen LogP contribution in [0.15, 0.2) is 17.5 Å². The van der Waals surface area contributed by atoms with Gasteiger partial charge in [-0.1, -0.05) is 0 Å². The van der Waals surface area contributed by atoms with E-state index in [2.05, 4.69) is 27.6 Å². The maximum absolute atomic E-state index is 5.18. The molecule has 0 aliphatic rings. The van der Waals surface area contributed by atoms with Crippen molar-refractivity contribution in [2.45, 2.75) is 11.7 Å². The normalized spacial score (nSPS) is 12.4. The SMILES string of the molecule is NC(N)=NCCC(S)c1cnc[nH]1. The Morgan fingerprint density at radius 2 is 2.46 bits per heavy atom. The van der Waals surface area contributed by atoms with E-state index in [4.69, 9.17) is 11.5 Å². The molecule has 0 radical (unpaired) electrons. The highest BCUT2D eigenvalue weighted by molar-refractivity contribution is 7.80. The van der Waals surface area contributed by atoms with Crippen LogP contribution in [-0.4, -0.2) is 22.5 Å². The number of aliphatic imine (C=N–C) groups is 1. The molecule has 0 spiro atoms. The number of thiol groups is 1. The highest BCUT2D eigenvalue weighted by atomic mass is 32.1. The average molecular weight is 199 g/mol. The van der Waals surface area contributed by atoms with Gasteiger partial charge in [0.05, 0.1) is 6.33 Å². The van der Waals surface area contributed by atoms with E-state index in [-0.39, 0.29) is 11.2 Å². The van der Waals surface area contributed by atoms with Gasteiger partial charge in [0.15, 0.2) is 5.96 Å². The fraction of sp³-hybridized carbons (Fsp3) is 0.429. The molecule has 1 unspecified atom stereocenters. The van der Waals surface area contributed by atoms with E-state index in [1.165, 1.54) is 0 Å². The predicted octanol–water partition coefficient (Wildman–Crippen LogP) is 0.0441. The number of aromatic nitrogens is 2. The standard InChI is InChI=1S/C7H13N5S/c8-7(9)11-2-1-6(13)5-3-10-4-12-5/h3-4,6,13H,1-2H2,(H,10,12)(H4,8,9,11). The Bertz CT molecular complexity index is 264. The molecule has 13 heavy (non-hydrogen) atoms. The Kier molecular flexibility index (Phi) is 3.63. The number of nitrogens with one attached hydrogen (secondary N) is 1. The molecule has 0 aliphatic heterocycles. The first-order valence-electron chi connectivity index (χ1n) is 3.92. The van der Waals surface area contributed by atoms with Gasteiger partial charge in [0.25, 0.3) is 0 Å². The minimum atomic E-state index is 0.102. The summed E-state index contributed by atoms with van der Waals surface area (Å²) in [4.78, 5) is 10.7. The lowest BCUT2D eigenvalue weighted by Gasteiger charge is -2.05. The maximum Gasteiger partial charge on any atom is 0.185 e. The van der Waals surface area contributed by atoms with E-state index in [9.17, 15) is 0 Å². The van der Waals surface area contributed by atoms with Crippen LogP contribution in [-0.2, 0) is 0 Å². The van der Waals surface area contributed by atoms with Crippen molar-refractivity contribution in [2.75, 3.05) is 6.54 Å². The summed E-state index contributed by atoms with van der Waals surface area (Å²) in [6.07, 6.45) is 4.15. The molecule has 72 valence electrons. The number of guanidine groups is 1.